The van der Waals surface area contributed by atoms with E-state index in [4.69, 9.17) is 0 Å². The van der Waals surface area contributed by atoms with Crippen molar-refractivity contribution < 1.29 is 14.4 Å². The maximum absolute atomic E-state index is 13.3. The fourth-order valence-electron chi connectivity index (χ4n) is 4.74. The summed E-state index contributed by atoms with van der Waals surface area (Å²) in [5.74, 6) is -0.190. The van der Waals surface area contributed by atoms with Crippen LogP contribution in [0.15, 0.2) is 48.5 Å². The van der Waals surface area contributed by atoms with Gasteiger partial charge in [0, 0.05) is 13.0 Å². The molecule has 1 fully saturated rings. The van der Waals surface area contributed by atoms with E-state index in [0.29, 0.717) is 36.6 Å². The summed E-state index contributed by atoms with van der Waals surface area (Å²) in [5, 5.41) is 2.87. The molecule has 0 bridgehead atoms. The Balaban J connectivity index is 1.46. The summed E-state index contributed by atoms with van der Waals surface area (Å²) in [5.41, 5.74) is 1.90. The molecule has 8 heteroatoms. The van der Waals surface area contributed by atoms with Crippen LogP contribution in [0.25, 0.3) is 11.0 Å². The Hall–Kier alpha value is -3.68. The van der Waals surface area contributed by atoms with Crippen LogP contribution in [0.4, 0.5) is 11.6 Å². The molecule has 3 amide bonds. The molecule has 158 valence electrons. The zero-order valence-electron chi connectivity index (χ0n) is 17.5. The molecule has 1 atom stereocenters. The lowest BCUT2D eigenvalue weighted by molar-refractivity contribution is -0.120. The molecule has 3 heterocycles. The van der Waals surface area contributed by atoms with Crippen LogP contribution < -0.4 is 10.2 Å². The third-order valence-corrected chi connectivity index (χ3v) is 6.27. The largest absolute Gasteiger partial charge is 0.310 e. The SMILES string of the molecule is CCn1c(NC(=O)CN2C(=O)c3ccccc3N3C(=O)CC[C@]23C)nc2ccccc21. The van der Waals surface area contributed by atoms with Crippen molar-refractivity contribution in [3.8, 4) is 0 Å². The molecule has 3 aromatic rings. The molecule has 1 N–H and O–H groups in total. The van der Waals surface area contributed by atoms with Crippen molar-refractivity contribution in [2.45, 2.75) is 38.9 Å². The molecule has 0 unspecified atom stereocenters. The molecule has 2 aliphatic heterocycles. The van der Waals surface area contributed by atoms with E-state index in [1.165, 1.54) is 4.90 Å². The first-order chi connectivity index (χ1) is 14.9. The van der Waals surface area contributed by atoms with Crippen molar-refractivity contribution in [2.24, 2.45) is 0 Å². The third kappa shape index (κ3) is 2.82. The number of aromatic nitrogens is 2. The molecule has 0 radical (unpaired) electrons. The number of hydrogen-bond acceptors (Lipinski definition) is 4. The van der Waals surface area contributed by atoms with Crippen molar-refractivity contribution in [1.82, 2.24) is 14.5 Å². The maximum Gasteiger partial charge on any atom is 0.258 e. The molecule has 8 nitrogen and oxygen atoms in total. The molecular weight excluding hydrogens is 394 g/mol. The Morgan fingerprint density at radius 1 is 1.13 bits per heavy atom. The predicted octanol–water partition coefficient (Wildman–Crippen LogP) is 2.99. The van der Waals surface area contributed by atoms with E-state index in [1.54, 1.807) is 23.1 Å². The first-order valence-corrected chi connectivity index (χ1v) is 10.4. The minimum Gasteiger partial charge on any atom is -0.310 e. The Labute approximate surface area is 179 Å². The summed E-state index contributed by atoms with van der Waals surface area (Å²) in [6.45, 7) is 4.31. The van der Waals surface area contributed by atoms with Crippen LogP contribution in [0.1, 0.15) is 37.0 Å². The van der Waals surface area contributed by atoms with Crippen LogP contribution in [0, 0.1) is 0 Å². The lowest BCUT2D eigenvalue weighted by atomic mass is 9.98. The number of aryl methyl sites for hydroxylation is 1. The van der Waals surface area contributed by atoms with E-state index in [9.17, 15) is 14.4 Å². The van der Waals surface area contributed by atoms with Crippen LogP contribution in [-0.2, 0) is 16.1 Å². The molecule has 2 aromatic carbocycles. The number of nitrogens with zero attached hydrogens (tertiary/aromatic N) is 4. The molecule has 5 rings (SSSR count). The molecule has 2 aliphatic rings. The third-order valence-electron chi connectivity index (χ3n) is 6.27. The van der Waals surface area contributed by atoms with Crippen molar-refractivity contribution in [1.29, 1.82) is 0 Å². The van der Waals surface area contributed by atoms with Gasteiger partial charge in [-0.15, -0.1) is 0 Å². The van der Waals surface area contributed by atoms with E-state index in [2.05, 4.69) is 10.3 Å². The van der Waals surface area contributed by atoms with E-state index in [1.807, 2.05) is 48.7 Å². The number of carbonyl (C=O) groups excluding carboxylic acids is 3. The van der Waals surface area contributed by atoms with E-state index >= 15 is 0 Å². The topological polar surface area (TPSA) is 87.5 Å². The van der Waals surface area contributed by atoms with Gasteiger partial charge < -0.3 is 9.47 Å². The quantitative estimate of drug-likeness (QED) is 0.707. The number of para-hydroxylation sites is 3. The standard InChI is InChI=1S/C23H23N5O3/c1-3-26-18-11-7-5-9-16(18)24-22(26)25-19(29)14-27-21(31)15-8-4-6-10-17(15)28-20(30)12-13-23(27,28)2/h4-11H,3,12-14H2,1-2H3,(H,24,25,29)/t23-/m1/s1. The highest BCUT2D eigenvalue weighted by Crippen LogP contribution is 2.43. The van der Waals surface area contributed by atoms with Crippen LogP contribution in [0.2, 0.25) is 0 Å². The number of imidazole rings is 1. The fourth-order valence-corrected chi connectivity index (χ4v) is 4.74. The summed E-state index contributed by atoms with van der Waals surface area (Å²) in [4.78, 5) is 46.7. The number of nitrogens with one attached hydrogen (secondary N) is 1. The Morgan fingerprint density at radius 3 is 2.68 bits per heavy atom. The number of rotatable bonds is 4. The van der Waals surface area contributed by atoms with Gasteiger partial charge >= 0.3 is 0 Å². The summed E-state index contributed by atoms with van der Waals surface area (Å²) >= 11 is 0. The fraction of sp³-hybridized carbons (Fsp3) is 0.304. The maximum atomic E-state index is 13.3. The van der Waals surface area contributed by atoms with Gasteiger partial charge in [0.15, 0.2) is 0 Å². The lowest BCUT2D eigenvalue weighted by Crippen LogP contribution is -2.63. The summed E-state index contributed by atoms with van der Waals surface area (Å²) in [6, 6.07) is 14.7. The Morgan fingerprint density at radius 2 is 1.87 bits per heavy atom. The van der Waals surface area contributed by atoms with Gasteiger partial charge in [-0.1, -0.05) is 24.3 Å². The number of carbonyl (C=O) groups is 3. The van der Waals surface area contributed by atoms with Crippen molar-refractivity contribution >= 4 is 40.4 Å². The van der Waals surface area contributed by atoms with Gasteiger partial charge in [-0.2, -0.15) is 0 Å². The minimum atomic E-state index is -0.870. The second-order valence-electron chi connectivity index (χ2n) is 8.07. The second-order valence-corrected chi connectivity index (χ2v) is 8.07. The van der Waals surface area contributed by atoms with Crippen LogP contribution in [0.3, 0.4) is 0 Å². The van der Waals surface area contributed by atoms with Gasteiger partial charge in [0.05, 0.1) is 22.3 Å². The molecule has 0 saturated carbocycles. The number of amides is 3. The highest BCUT2D eigenvalue weighted by Gasteiger charge is 2.53. The van der Waals surface area contributed by atoms with Gasteiger partial charge in [-0.05, 0) is 44.5 Å². The van der Waals surface area contributed by atoms with E-state index < -0.39 is 5.66 Å². The summed E-state index contributed by atoms with van der Waals surface area (Å²) < 4.78 is 1.92. The van der Waals surface area contributed by atoms with Gasteiger partial charge in [0.2, 0.25) is 17.8 Å². The van der Waals surface area contributed by atoms with Gasteiger partial charge in [0.25, 0.3) is 5.91 Å². The molecule has 0 spiro atoms. The van der Waals surface area contributed by atoms with Crippen LogP contribution >= 0.6 is 0 Å². The van der Waals surface area contributed by atoms with Crippen molar-refractivity contribution in [2.75, 3.05) is 16.8 Å². The molecule has 1 aromatic heterocycles. The molecular formula is C23H23N5O3. The zero-order valence-corrected chi connectivity index (χ0v) is 17.5. The Kier molecular flexibility index (Phi) is 4.32. The number of benzene rings is 2. The Bertz CT molecular complexity index is 1230. The van der Waals surface area contributed by atoms with Crippen LogP contribution in [-0.4, -0.2) is 44.4 Å². The first-order valence-electron chi connectivity index (χ1n) is 10.4. The second kappa shape index (κ2) is 6.94. The highest BCUT2D eigenvalue weighted by atomic mass is 16.2. The number of fused-ring (bicyclic) bond motifs is 4. The molecule has 31 heavy (non-hydrogen) atoms. The van der Waals surface area contributed by atoms with Gasteiger partial charge in [0.1, 0.15) is 12.2 Å². The average Bonchev–Trinajstić information content (AvgIpc) is 3.27. The normalized spacial score (nSPS) is 20.2. The highest BCUT2D eigenvalue weighted by molar-refractivity contribution is 6.11. The summed E-state index contributed by atoms with van der Waals surface area (Å²) in [6.07, 6.45) is 0.814. The first kappa shape index (κ1) is 19.3. The monoisotopic (exact) mass is 417 g/mol. The van der Waals surface area contributed by atoms with Gasteiger partial charge in [-0.3, -0.25) is 24.6 Å². The summed E-state index contributed by atoms with van der Waals surface area (Å²) in [7, 11) is 0. The predicted molar refractivity (Wildman–Crippen MR) is 117 cm³/mol. The smallest absolute Gasteiger partial charge is 0.258 e. The lowest BCUT2D eigenvalue weighted by Gasteiger charge is -2.48. The number of hydrogen-bond donors (Lipinski definition) is 1. The van der Waals surface area contributed by atoms with Gasteiger partial charge in [-0.25, -0.2) is 4.98 Å². The average molecular weight is 417 g/mol. The minimum absolute atomic E-state index is 0.0411. The number of anilines is 2. The molecule has 1 saturated heterocycles. The van der Waals surface area contributed by atoms with Crippen LogP contribution in [0.5, 0.6) is 0 Å². The van der Waals surface area contributed by atoms with Crippen molar-refractivity contribution in [3.63, 3.8) is 0 Å². The molecule has 0 aliphatic carbocycles. The van der Waals surface area contributed by atoms with Crippen molar-refractivity contribution in [3.05, 3.63) is 54.1 Å². The van der Waals surface area contributed by atoms with E-state index in [0.717, 1.165) is 11.0 Å². The van der Waals surface area contributed by atoms with E-state index in [-0.39, 0.29) is 24.3 Å². The zero-order chi connectivity index (χ0) is 21.8.